The van der Waals surface area contributed by atoms with Gasteiger partial charge >= 0.3 is 0 Å². The highest BCUT2D eigenvalue weighted by Gasteiger charge is 2.10. The second-order valence-electron chi connectivity index (χ2n) is 4.26. The molecule has 2 rings (SSSR count). The van der Waals surface area contributed by atoms with E-state index in [1.807, 2.05) is 11.3 Å². The van der Waals surface area contributed by atoms with Gasteiger partial charge in [0.25, 0.3) is 0 Å². The number of hydrogen-bond acceptors (Lipinski definition) is 2. The predicted octanol–water partition coefficient (Wildman–Crippen LogP) is 4.60. The minimum absolute atomic E-state index is 0.941. The molecule has 0 N–H and O–H groups in total. The van der Waals surface area contributed by atoms with Crippen LogP contribution in [0.25, 0.3) is 10.4 Å². The fourth-order valence-electron chi connectivity index (χ4n) is 2.13. The minimum atomic E-state index is 0.941. The zero-order valence-electron chi connectivity index (χ0n) is 10.8. The topological polar surface area (TPSA) is 9.23 Å². The number of benzene rings is 1. The van der Waals surface area contributed by atoms with E-state index >= 15 is 0 Å². The normalized spacial score (nSPS) is 10.6. The van der Waals surface area contributed by atoms with Crippen molar-refractivity contribution in [3.63, 3.8) is 0 Å². The summed E-state index contributed by atoms with van der Waals surface area (Å²) in [5, 5.41) is 0. The molecule has 1 aromatic heterocycles. The third-order valence-electron chi connectivity index (χ3n) is 3.00. The summed E-state index contributed by atoms with van der Waals surface area (Å²) < 4.78 is 5.30. The van der Waals surface area contributed by atoms with Gasteiger partial charge in [-0.1, -0.05) is 6.92 Å². The molecule has 0 aliphatic rings. The summed E-state index contributed by atoms with van der Waals surface area (Å²) in [4.78, 5) is 2.80. The molecule has 0 unspecified atom stereocenters. The molecule has 0 aliphatic carbocycles. The third-order valence-corrected chi connectivity index (χ3v) is 4.25. The van der Waals surface area contributed by atoms with Gasteiger partial charge < -0.3 is 4.74 Å². The summed E-state index contributed by atoms with van der Waals surface area (Å²) in [7, 11) is 1.72. The van der Waals surface area contributed by atoms with Gasteiger partial charge in [0.15, 0.2) is 0 Å². The highest BCUT2D eigenvalue weighted by atomic mass is 32.1. The summed E-state index contributed by atoms with van der Waals surface area (Å²) in [5.74, 6) is 0.941. The molecule has 90 valence electrons. The molecule has 0 spiro atoms. The number of ether oxygens (including phenoxy) is 1. The molecule has 0 atom stereocenters. The average molecular weight is 246 g/mol. The van der Waals surface area contributed by atoms with Crippen molar-refractivity contribution in [3.8, 4) is 16.2 Å². The number of thiophene rings is 1. The van der Waals surface area contributed by atoms with Gasteiger partial charge in [0.1, 0.15) is 5.75 Å². The summed E-state index contributed by atoms with van der Waals surface area (Å²) in [6, 6.07) is 8.66. The van der Waals surface area contributed by atoms with Crippen molar-refractivity contribution >= 4 is 11.3 Å². The summed E-state index contributed by atoms with van der Waals surface area (Å²) in [5.41, 5.74) is 3.92. The molecule has 0 bridgehead atoms. The molecule has 0 aliphatic heterocycles. The van der Waals surface area contributed by atoms with Gasteiger partial charge in [0.2, 0.25) is 0 Å². The minimum Gasteiger partial charge on any atom is -0.497 e. The van der Waals surface area contributed by atoms with Gasteiger partial charge in [-0.05, 0) is 61.2 Å². The van der Waals surface area contributed by atoms with Crippen molar-refractivity contribution in [3.05, 3.63) is 40.3 Å². The van der Waals surface area contributed by atoms with Crippen molar-refractivity contribution in [2.45, 2.75) is 27.2 Å². The van der Waals surface area contributed by atoms with E-state index in [9.17, 15) is 0 Å². The maximum atomic E-state index is 5.30. The first-order valence-corrected chi connectivity index (χ1v) is 6.71. The molecule has 1 aromatic carbocycles. The van der Waals surface area contributed by atoms with Gasteiger partial charge in [0, 0.05) is 9.75 Å². The lowest BCUT2D eigenvalue weighted by molar-refractivity contribution is 0.414. The Hall–Kier alpha value is -1.28. The molecule has 0 radical (unpaired) electrons. The lowest BCUT2D eigenvalue weighted by Crippen LogP contribution is -1.90. The van der Waals surface area contributed by atoms with E-state index in [2.05, 4.69) is 45.0 Å². The van der Waals surface area contributed by atoms with E-state index in [1.165, 1.54) is 26.4 Å². The first-order valence-electron chi connectivity index (χ1n) is 5.90. The van der Waals surface area contributed by atoms with E-state index in [0.29, 0.717) is 0 Å². The number of aryl methyl sites for hydroxylation is 3. The molecular weight excluding hydrogens is 228 g/mol. The Balaban J connectivity index is 2.51. The Bertz CT molecular complexity index is 502. The van der Waals surface area contributed by atoms with Crippen LogP contribution in [0.5, 0.6) is 5.75 Å². The molecule has 0 saturated heterocycles. The van der Waals surface area contributed by atoms with Gasteiger partial charge in [-0.25, -0.2) is 0 Å². The van der Waals surface area contributed by atoms with Gasteiger partial charge in [-0.3, -0.25) is 0 Å². The monoisotopic (exact) mass is 246 g/mol. The standard InChI is InChI=1S/C15H18OS/c1-5-13-6-7-14(17-13)15-10(2)8-12(16-4)9-11(15)3/h6-9H,5H2,1-4H3. The number of hydrogen-bond donors (Lipinski definition) is 0. The molecule has 1 nitrogen and oxygen atoms in total. The van der Waals surface area contributed by atoms with E-state index in [1.54, 1.807) is 7.11 Å². The highest BCUT2D eigenvalue weighted by molar-refractivity contribution is 7.15. The Morgan fingerprint density at radius 2 is 1.76 bits per heavy atom. The second kappa shape index (κ2) is 4.92. The van der Waals surface area contributed by atoms with Crippen LogP contribution in [-0.2, 0) is 6.42 Å². The summed E-state index contributed by atoms with van der Waals surface area (Å²) >= 11 is 1.89. The van der Waals surface area contributed by atoms with Crippen LogP contribution < -0.4 is 4.74 Å². The number of rotatable bonds is 3. The van der Waals surface area contributed by atoms with Crippen LogP contribution in [-0.4, -0.2) is 7.11 Å². The van der Waals surface area contributed by atoms with Gasteiger partial charge in [-0.15, -0.1) is 11.3 Å². The van der Waals surface area contributed by atoms with Crippen molar-refractivity contribution < 1.29 is 4.74 Å². The largest absolute Gasteiger partial charge is 0.497 e. The molecular formula is C15H18OS. The number of methoxy groups -OCH3 is 1. The van der Waals surface area contributed by atoms with Gasteiger partial charge in [-0.2, -0.15) is 0 Å². The van der Waals surface area contributed by atoms with Crippen LogP contribution in [0.1, 0.15) is 22.9 Å². The molecule has 2 heteroatoms. The van der Waals surface area contributed by atoms with Crippen LogP contribution >= 0.6 is 11.3 Å². The molecule has 17 heavy (non-hydrogen) atoms. The van der Waals surface area contributed by atoms with Crippen LogP contribution in [0.3, 0.4) is 0 Å². The lowest BCUT2D eigenvalue weighted by atomic mass is 10.0. The van der Waals surface area contributed by atoms with E-state index < -0.39 is 0 Å². The van der Waals surface area contributed by atoms with E-state index in [-0.39, 0.29) is 0 Å². The Kier molecular flexibility index (Phi) is 3.53. The molecule has 1 heterocycles. The van der Waals surface area contributed by atoms with E-state index in [0.717, 1.165) is 12.2 Å². The predicted molar refractivity (Wildman–Crippen MR) is 75.2 cm³/mol. The zero-order valence-corrected chi connectivity index (χ0v) is 11.6. The fourth-order valence-corrected chi connectivity index (χ4v) is 3.26. The van der Waals surface area contributed by atoms with Gasteiger partial charge in [0.05, 0.1) is 7.11 Å². The molecule has 0 fully saturated rings. The Morgan fingerprint density at radius 1 is 1.12 bits per heavy atom. The van der Waals surface area contributed by atoms with Crippen molar-refractivity contribution in [1.29, 1.82) is 0 Å². The van der Waals surface area contributed by atoms with Crippen LogP contribution in [0.2, 0.25) is 0 Å². The van der Waals surface area contributed by atoms with Crippen molar-refractivity contribution in [1.82, 2.24) is 0 Å². The summed E-state index contributed by atoms with van der Waals surface area (Å²) in [6.45, 7) is 6.50. The van der Waals surface area contributed by atoms with E-state index in [4.69, 9.17) is 4.74 Å². The summed E-state index contributed by atoms with van der Waals surface area (Å²) in [6.07, 6.45) is 1.11. The van der Waals surface area contributed by atoms with Crippen molar-refractivity contribution in [2.24, 2.45) is 0 Å². The third kappa shape index (κ3) is 2.37. The second-order valence-corrected chi connectivity index (χ2v) is 5.42. The Labute approximate surface area is 107 Å². The van der Waals surface area contributed by atoms with Crippen LogP contribution in [0.15, 0.2) is 24.3 Å². The quantitative estimate of drug-likeness (QED) is 0.769. The maximum Gasteiger partial charge on any atom is 0.119 e. The van der Waals surface area contributed by atoms with Crippen LogP contribution in [0, 0.1) is 13.8 Å². The zero-order chi connectivity index (χ0) is 12.4. The first-order chi connectivity index (χ1) is 8.15. The highest BCUT2D eigenvalue weighted by Crippen LogP contribution is 2.35. The smallest absolute Gasteiger partial charge is 0.119 e. The lowest BCUT2D eigenvalue weighted by Gasteiger charge is -2.10. The SMILES string of the molecule is CCc1ccc(-c2c(C)cc(OC)cc2C)s1. The molecule has 0 amide bonds. The molecule has 2 aromatic rings. The first kappa shape index (κ1) is 12.2. The van der Waals surface area contributed by atoms with Crippen LogP contribution in [0.4, 0.5) is 0 Å². The average Bonchev–Trinajstić information content (AvgIpc) is 2.76. The Morgan fingerprint density at radius 3 is 2.24 bits per heavy atom. The fraction of sp³-hybridized carbons (Fsp3) is 0.333. The van der Waals surface area contributed by atoms with Crippen molar-refractivity contribution in [2.75, 3.05) is 7.11 Å². The maximum absolute atomic E-state index is 5.30. The molecule has 0 saturated carbocycles.